The van der Waals surface area contributed by atoms with E-state index in [9.17, 15) is 4.79 Å². The highest BCUT2D eigenvalue weighted by Crippen LogP contribution is 2.18. The number of morpholine rings is 1. The summed E-state index contributed by atoms with van der Waals surface area (Å²) in [5.74, 6) is 0.845. The van der Waals surface area contributed by atoms with Gasteiger partial charge < -0.3 is 14.5 Å². The molecular weight excluding hydrogens is 230 g/mol. The molecule has 2 rings (SSSR count). The Morgan fingerprint density at radius 2 is 2.33 bits per heavy atom. The van der Waals surface area contributed by atoms with E-state index in [4.69, 9.17) is 4.74 Å². The third-order valence-corrected chi connectivity index (χ3v) is 3.06. The van der Waals surface area contributed by atoms with Gasteiger partial charge in [-0.15, -0.1) is 0 Å². The largest absolute Gasteiger partial charge is 0.377 e. The number of rotatable bonds is 2. The van der Waals surface area contributed by atoms with Gasteiger partial charge in [-0.05, 0) is 19.1 Å². The van der Waals surface area contributed by atoms with E-state index in [-0.39, 0.29) is 11.9 Å². The molecule has 1 aliphatic rings. The predicted molar refractivity (Wildman–Crippen MR) is 69.9 cm³/mol. The predicted octanol–water partition coefficient (Wildman–Crippen LogP) is 1.01. The van der Waals surface area contributed by atoms with Crippen molar-refractivity contribution < 1.29 is 9.53 Å². The van der Waals surface area contributed by atoms with Crippen LogP contribution in [0.25, 0.3) is 0 Å². The molecule has 0 N–H and O–H groups in total. The fourth-order valence-electron chi connectivity index (χ4n) is 2.03. The Labute approximate surface area is 107 Å². The SMILES string of the molecule is C[C@@H]1COCCN1c1cc(C(=O)N(C)C)ccn1. The number of hydrogen-bond acceptors (Lipinski definition) is 4. The highest BCUT2D eigenvalue weighted by molar-refractivity contribution is 5.94. The Hall–Kier alpha value is -1.62. The normalized spacial score (nSPS) is 19.7. The first-order valence-electron chi connectivity index (χ1n) is 6.11. The van der Waals surface area contributed by atoms with Gasteiger partial charge in [0.1, 0.15) is 5.82 Å². The van der Waals surface area contributed by atoms with Crippen molar-refractivity contribution >= 4 is 11.7 Å². The summed E-state index contributed by atoms with van der Waals surface area (Å²) in [6.07, 6.45) is 1.69. The van der Waals surface area contributed by atoms with Gasteiger partial charge in [0, 0.05) is 32.4 Å². The molecule has 1 saturated heterocycles. The molecule has 2 heterocycles. The van der Waals surface area contributed by atoms with Crippen LogP contribution in [0.15, 0.2) is 18.3 Å². The maximum absolute atomic E-state index is 11.9. The molecule has 0 unspecified atom stereocenters. The number of anilines is 1. The summed E-state index contributed by atoms with van der Waals surface area (Å²) in [5, 5.41) is 0. The minimum Gasteiger partial charge on any atom is -0.377 e. The average Bonchev–Trinajstić information content (AvgIpc) is 2.38. The molecule has 0 radical (unpaired) electrons. The minimum absolute atomic E-state index is 0.000405. The number of carbonyl (C=O) groups excluding carboxylic acids is 1. The van der Waals surface area contributed by atoms with Crippen LogP contribution in [-0.2, 0) is 4.74 Å². The molecule has 18 heavy (non-hydrogen) atoms. The lowest BCUT2D eigenvalue weighted by atomic mass is 10.2. The van der Waals surface area contributed by atoms with Gasteiger partial charge in [-0.3, -0.25) is 4.79 Å². The lowest BCUT2D eigenvalue weighted by Crippen LogP contribution is -2.44. The van der Waals surface area contributed by atoms with Crippen molar-refractivity contribution in [3.63, 3.8) is 0 Å². The van der Waals surface area contributed by atoms with Gasteiger partial charge in [-0.1, -0.05) is 0 Å². The van der Waals surface area contributed by atoms with Gasteiger partial charge in [0.2, 0.25) is 0 Å². The molecule has 5 nitrogen and oxygen atoms in total. The van der Waals surface area contributed by atoms with Crippen LogP contribution >= 0.6 is 0 Å². The highest BCUT2D eigenvalue weighted by Gasteiger charge is 2.21. The Bertz CT molecular complexity index is 434. The summed E-state index contributed by atoms with van der Waals surface area (Å²) in [5.41, 5.74) is 0.670. The molecule has 1 amide bonds. The molecule has 1 aromatic rings. The monoisotopic (exact) mass is 249 g/mol. The zero-order chi connectivity index (χ0) is 13.1. The van der Waals surface area contributed by atoms with E-state index in [2.05, 4.69) is 16.8 Å². The molecule has 1 aliphatic heterocycles. The first-order chi connectivity index (χ1) is 8.59. The van der Waals surface area contributed by atoms with Crippen molar-refractivity contribution in [2.75, 3.05) is 38.8 Å². The average molecular weight is 249 g/mol. The quantitative estimate of drug-likeness (QED) is 0.784. The minimum atomic E-state index is -0.000405. The lowest BCUT2D eigenvalue weighted by Gasteiger charge is -2.34. The number of carbonyl (C=O) groups is 1. The molecule has 0 spiro atoms. The van der Waals surface area contributed by atoms with Crippen molar-refractivity contribution in [2.24, 2.45) is 0 Å². The van der Waals surface area contributed by atoms with Crippen molar-refractivity contribution in [3.8, 4) is 0 Å². The van der Waals surface area contributed by atoms with E-state index in [1.165, 1.54) is 0 Å². The van der Waals surface area contributed by atoms with Crippen LogP contribution in [0.1, 0.15) is 17.3 Å². The topological polar surface area (TPSA) is 45.7 Å². The van der Waals surface area contributed by atoms with Gasteiger partial charge in [0.25, 0.3) is 5.91 Å². The molecule has 0 aliphatic carbocycles. The number of ether oxygens (including phenoxy) is 1. The molecule has 1 atom stereocenters. The maximum atomic E-state index is 11.9. The van der Waals surface area contributed by atoms with Gasteiger partial charge in [0.05, 0.1) is 19.3 Å². The Kier molecular flexibility index (Phi) is 3.81. The molecular formula is C13H19N3O2. The third kappa shape index (κ3) is 2.61. The second-order valence-electron chi connectivity index (χ2n) is 4.72. The Morgan fingerprint density at radius 1 is 1.56 bits per heavy atom. The van der Waals surface area contributed by atoms with Crippen molar-refractivity contribution in [2.45, 2.75) is 13.0 Å². The molecule has 98 valence electrons. The summed E-state index contributed by atoms with van der Waals surface area (Å²) in [7, 11) is 3.50. The molecule has 1 fully saturated rings. The van der Waals surface area contributed by atoms with Crippen molar-refractivity contribution in [1.82, 2.24) is 9.88 Å². The first kappa shape index (κ1) is 12.8. The zero-order valence-corrected chi connectivity index (χ0v) is 11.1. The van der Waals surface area contributed by atoms with Crippen molar-refractivity contribution in [3.05, 3.63) is 23.9 Å². The van der Waals surface area contributed by atoms with E-state index in [1.54, 1.807) is 31.3 Å². The molecule has 0 bridgehead atoms. The van der Waals surface area contributed by atoms with Crippen molar-refractivity contribution in [1.29, 1.82) is 0 Å². The van der Waals surface area contributed by atoms with E-state index in [0.717, 1.165) is 12.4 Å². The smallest absolute Gasteiger partial charge is 0.253 e. The van der Waals surface area contributed by atoms with Gasteiger partial charge in [-0.2, -0.15) is 0 Å². The second kappa shape index (κ2) is 5.35. The summed E-state index contributed by atoms with van der Waals surface area (Å²) in [4.78, 5) is 20.0. The van der Waals surface area contributed by atoms with Crippen LogP contribution in [-0.4, -0.2) is 55.7 Å². The van der Waals surface area contributed by atoms with E-state index >= 15 is 0 Å². The number of amides is 1. The summed E-state index contributed by atoms with van der Waals surface area (Å²) in [6, 6.07) is 3.89. The summed E-state index contributed by atoms with van der Waals surface area (Å²) in [6.45, 7) is 4.32. The number of nitrogens with zero attached hydrogens (tertiary/aromatic N) is 3. The third-order valence-electron chi connectivity index (χ3n) is 3.06. The standard InChI is InChI=1S/C13H19N3O2/c1-10-9-18-7-6-16(10)12-8-11(4-5-14-12)13(17)15(2)3/h4-5,8,10H,6-7,9H2,1-3H3/t10-/m1/s1. The maximum Gasteiger partial charge on any atom is 0.253 e. The fraction of sp³-hybridized carbons (Fsp3) is 0.538. The van der Waals surface area contributed by atoms with Gasteiger partial charge in [-0.25, -0.2) is 4.98 Å². The van der Waals surface area contributed by atoms with Gasteiger partial charge in [0.15, 0.2) is 0 Å². The van der Waals surface area contributed by atoms with Crippen LogP contribution in [0.5, 0.6) is 0 Å². The van der Waals surface area contributed by atoms with E-state index < -0.39 is 0 Å². The second-order valence-corrected chi connectivity index (χ2v) is 4.72. The molecule has 0 saturated carbocycles. The van der Waals surface area contributed by atoms with E-state index in [1.807, 2.05) is 6.07 Å². The van der Waals surface area contributed by atoms with Crippen LogP contribution in [0.2, 0.25) is 0 Å². The highest BCUT2D eigenvalue weighted by atomic mass is 16.5. The fourth-order valence-corrected chi connectivity index (χ4v) is 2.03. The molecule has 1 aromatic heterocycles. The number of aromatic nitrogens is 1. The van der Waals surface area contributed by atoms with Crippen LogP contribution in [0, 0.1) is 0 Å². The van der Waals surface area contributed by atoms with Crippen LogP contribution in [0.3, 0.4) is 0 Å². The lowest BCUT2D eigenvalue weighted by molar-refractivity contribution is 0.0827. The summed E-state index contributed by atoms with van der Waals surface area (Å²) < 4.78 is 5.40. The van der Waals surface area contributed by atoms with E-state index in [0.29, 0.717) is 18.8 Å². The van der Waals surface area contributed by atoms with Crippen LogP contribution in [0.4, 0.5) is 5.82 Å². The molecule has 5 heteroatoms. The van der Waals surface area contributed by atoms with Crippen LogP contribution < -0.4 is 4.90 Å². The Balaban J connectivity index is 2.23. The molecule has 0 aromatic carbocycles. The first-order valence-corrected chi connectivity index (χ1v) is 6.11. The summed E-state index contributed by atoms with van der Waals surface area (Å²) >= 11 is 0. The number of pyridine rings is 1. The number of hydrogen-bond donors (Lipinski definition) is 0. The Morgan fingerprint density at radius 3 is 3.00 bits per heavy atom. The van der Waals surface area contributed by atoms with Gasteiger partial charge >= 0.3 is 0 Å². The zero-order valence-electron chi connectivity index (χ0n) is 11.1.